The third kappa shape index (κ3) is 3.01. The first-order valence-corrected chi connectivity index (χ1v) is 6.44. The Balaban J connectivity index is 2.19. The Bertz CT molecular complexity index is 880. The second kappa shape index (κ2) is 5.38. The number of hydrogen-bond donors (Lipinski definition) is 2. The number of halogens is 4. The molecule has 0 bridgehead atoms. The molecular formula is C15H9F4N3O. The van der Waals surface area contributed by atoms with Crippen molar-refractivity contribution < 1.29 is 22.7 Å². The second-order valence-corrected chi connectivity index (χ2v) is 4.70. The molecule has 0 atom stereocenters. The maximum Gasteiger partial charge on any atom is 0.451 e. The van der Waals surface area contributed by atoms with Crippen molar-refractivity contribution in [3.05, 3.63) is 54.1 Å². The molecular weight excluding hydrogens is 314 g/mol. The maximum atomic E-state index is 13.8. The SMILES string of the molecule is Oc1cccc(Nc2nc(C(F)(F)F)nc3c(F)cccc23)c1. The quantitative estimate of drug-likeness (QED) is 0.693. The third-order valence-corrected chi connectivity index (χ3v) is 3.04. The van der Waals surface area contributed by atoms with Crippen LogP contribution in [0.4, 0.5) is 29.1 Å². The van der Waals surface area contributed by atoms with Crippen LogP contribution in [0.1, 0.15) is 5.82 Å². The number of anilines is 2. The highest BCUT2D eigenvalue weighted by molar-refractivity contribution is 5.91. The molecule has 0 saturated carbocycles. The van der Waals surface area contributed by atoms with E-state index in [2.05, 4.69) is 15.3 Å². The Kier molecular flexibility index (Phi) is 3.51. The summed E-state index contributed by atoms with van der Waals surface area (Å²) in [7, 11) is 0. The molecule has 4 nitrogen and oxygen atoms in total. The Morgan fingerprint density at radius 3 is 2.43 bits per heavy atom. The van der Waals surface area contributed by atoms with Gasteiger partial charge in [-0.2, -0.15) is 13.2 Å². The number of phenols is 1. The smallest absolute Gasteiger partial charge is 0.451 e. The predicted molar refractivity (Wildman–Crippen MR) is 75.9 cm³/mol. The molecule has 3 rings (SSSR count). The van der Waals surface area contributed by atoms with E-state index in [-0.39, 0.29) is 17.0 Å². The summed E-state index contributed by atoms with van der Waals surface area (Å²) in [6.45, 7) is 0. The van der Waals surface area contributed by atoms with Gasteiger partial charge in [-0.1, -0.05) is 12.1 Å². The van der Waals surface area contributed by atoms with E-state index in [0.29, 0.717) is 5.69 Å². The van der Waals surface area contributed by atoms with Crippen molar-refractivity contribution >= 4 is 22.4 Å². The average Bonchev–Trinajstić information content (AvgIpc) is 2.47. The van der Waals surface area contributed by atoms with E-state index in [9.17, 15) is 22.7 Å². The van der Waals surface area contributed by atoms with Crippen molar-refractivity contribution in [2.24, 2.45) is 0 Å². The standard InChI is InChI=1S/C15H9F4N3O/c16-11-6-2-5-10-12(11)21-14(15(17,18)19)22-13(10)20-8-3-1-4-9(23)7-8/h1-7,23H,(H,20,21,22). The minimum absolute atomic E-state index is 0.0735. The Morgan fingerprint density at radius 2 is 1.74 bits per heavy atom. The van der Waals surface area contributed by atoms with Gasteiger partial charge in [-0.25, -0.2) is 14.4 Å². The number of hydrogen-bond acceptors (Lipinski definition) is 4. The van der Waals surface area contributed by atoms with E-state index < -0.39 is 23.3 Å². The molecule has 2 aromatic carbocycles. The summed E-state index contributed by atoms with van der Waals surface area (Å²) in [4.78, 5) is 6.71. The molecule has 2 N–H and O–H groups in total. The van der Waals surface area contributed by atoms with Crippen molar-refractivity contribution in [2.45, 2.75) is 6.18 Å². The summed E-state index contributed by atoms with van der Waals surface area (Å²) < 4.78 is 52.6. The highest BCUT2D eigenvalue weighted by Gasteiger charge is 2.36. The Hall–Kier alpha value is -2.90. The summed E-state index contributed by atoms with van der Waals surface area (Å²) in [5, 5.41) is 12.2. The van der Waals surface area contributed by atoms with Gasteiger partial charge >= 0.3 is 6.18 Å². The first-order valence-electron chi connectivity index (χ1n) is 6.44. The van der Waals surface area contributed by atoms with Crippen LogP contribution in [0.5, 0.6) is 5.75 Å². The van der Waals surface area contributed by atoms with Crippen LogP contribution in [0.25, 0.3) is 10.9 Å². The first-order chi connectivity index (χ1) is 10.8. The molecule has 8 heteroatoms. The minimum atomic E-state index is -4.81. The number of phenolic OH excluding ortho intramolecular Hbond substituents is 1. The molecule has 0 unspecified atom stereocenters. The molecule has 0 fully saturated rings. The van der Waals surface area contributed by atoms with Crippen LogP contribution in [0.2, 0.25) is 0 Å². The lowest BCUT2D eigenvalue weighted by molar-refractivity contribution is -0.144. The molecule has 0 amide bonds. The molecule has 118 valence electrons. The van der Waals surface area contributed by atoms with Crippen LogP contribution in [0.15, 0.2) is 42.5 Å². The monoisotopic (exact) mass is 323 g/mol. The number of nitrogens with zero attached hydrogens (tertiary/aromatic N) is 2. The van der Waals surface area contributed by atoms with E-state index in [0.717, 1.165) is 6.07 Å². The van der Waals surface area contributed by atoms with Gasteiger partial charge in [0.2, 0.25) is 5.82 Å². The first kappa shape index (κ1) is 15.0. The van der Waals surface area contributed by atoms with Crippen molar-refractivity contribution in [3.63, 3.8) is 0 Å². The number of aromatic hydroxyl groups is 1. The summed E-state index contributed by atoms with van der Waals surface area (Å²) in [6.07, 6.45) is -4.81. The number of rotatable bonds is 2. The van der Waals surface area contributed by atoms with Crippen molar-refractivity contribution in [1.82, 2.24) is 9.97 Å². The lowest BCUT2D eigenvalue weighted by Crippen LogP contribution is -2.13. The molecule has 0 aliphatic rings. The molecule has 1 aromatic heterocycles. The normalized spacial score (nSPS) is 11.7. The fourth-order valence-corrected chi connectivity index (χ4v) is 2.06. The van der Waals surface area contributed by atoms with Gasteiger partial charge in [-0.05, 0) is 24.3 Å². The van der Waals surface area contributed by atoms with Crippen molar-refractivity contribution in [3.8, 4) is 5.75 Å². The fourth-order valence-electron chi connectivity index (χ4n) is 2.06. The van der Waals surface area contributed by atoms with E-state index >= 15 is 0 Å². The largest absolute Gasteiger partial charge is 0.508 e. The van der Waals surface area contributed by atoms with Gasteiger partial charge in [-0.3, -0.25) is 0 Å². The number of alkyl halides is 3. The van der Waals surface area contributed by atoms with Crippen LogP contribution in [0.3, 0.4) is 0 Å². The lowest BCUT2D eigenvalue weighted by atomic mass is 10.2. The van der Waals surface area contributed by atoms with Crippen molar-refractivity contribution in [1.29, 1.82) is 0 Å². The van der Waals surface area contributed by atoms with Crippen LogP contribution >= 0.6 is 0 Å². The fraction of sp³-hybridized carbons (Fsp3) is 0.0667. The molecule has 0 spiro atoms. The second-order valence-electron chi connectivity index (χ2n) is 4.70. The zero-order valence-electron chi connectivity index (χ0n) is 11.4. The van der Waals surface area contributed by atoms with E-state index in [1.807, 2.05) is 0 Å². The molecule has 0 radical (unpaired) electrons. The summed E-state index contributed by atoms with van der Waals surface area (Å²) in [5.74, 6) is -2.60. The van der Waals surface area contributed by atoms with Gasteiger partial charge in [0, 0.05) is 17.1 Å². The molecule has 1 heterocycles. The zero-order valence-corrected chi connectivity index (χ0v) is 11.4. The Labute approximate surface area is 127 Å². The summed E-state index contributed by atoms with van der Waals surface area (Å²) in [5.41, 5.74) is -0.125. The Morgan fingerprint density at radius 1 is 1.00 bits per heavy atom. The number of fused-ring (bicyclic) bond motifs is 1. The van der Waals surface area contributed by atoms with E-state index in [4.69, 9.17) is 0 Å². The van der Waals surface area contributed by atoms with Crippen LogP contribution < -0.4 is 5.32 Å². The molecule has 23 heavy (non-hydrogen) atoms. The average molecular weight is 323 g/mol. The van der Waals surface area contributed by atoms with E-state index in [1.54, 1.807) is 0 Å². The van der Waals surface area contributed by atoms with Crippen LogP contribution in [-0.4, -0.2) is 15.1 Å². The third-order valence-electron chi connectivity index (χ3n) is 3.04. The molecule has 0 aliphatic heterocycles. The number of para-hydroxylation sites is 1. The highest BCUT2D eigenvalue weighted by atomic mass is 19.4. The van der Waals surface area contributed by atoms with Crippen LogP contribution in [0, 0.1) is 5.82 Å². The van der Waals surface area contributed by atoms with Gasteiger partial charge < -0.3 is 10.4 Å². The molecule has 0 saturated heterocycles. The number of aromatic nitrogens is 2. The van der Waals surface area contributed by atoms with Gasteiger partial charge in [0.15, 0.2) is 0 Å². The maximum absolute atomic E-state index is 13.8. The number of nitrogens with one attached hydrogen (secondary N) is 1. The van der Waals surface area contributed by atoms with Gasteiger partial charge in [-0.15, -0.1) is 0 Å². The van der Waals surface area contributed by atoms with Gasteiger partial charge in [0.25, 0.3) is 0 Å². The molecule has 3 aromatic rings. The highest BCUT2D eigenvalue weighted by Crippen LogP contribution is 2.32. The minimum Gasteiger partial charge on any atom is -0.508 e. The summed E-state index contributed by atoms with van der Waals surface area (Å²) >= 11 is 0. The zero-order chi connectivity index (χ0) is 16.6. The van der Waals surface area contributed by atoms with Crippen molar-refractivity contribution in [2.75, 3.05) is 5.32 Å². The van der Waals surface area contributed by atoms with Crippen LogP contribution in [-0.2, 0) is 6.18 Å². The predicted octanol–water partition coefficient (Wildman–Crippen LogP) is 4.24. The molecule has 0 aliphatic carbocycles. The lowest BCUT2D eigenvalue weighted by Gasteiger charge is -2.12. The van der Waals surface area contributed by atoms with Gasteiger partial charge in [0.1, 0.15) is 22.9 Å². The number of benzene rings is 2. The van der Waals surface area contributed by atoms with E-state index in [1.165, 1.54) is 36.4 Å². The van der Waals surface area contributed by atoms with Gasteiger partial charge in [0.05, 0.1) is 0 Å². The summed E-state index contributed by atoms with van der Waals surface area (Å²) in [6, 6.07) is 9.52. The topological polar surface area (TPSA) is 58.0 Å².